The Morgan fingerprint density at radius 2 is 1.50 bits per heavy atom. The molecular weight excluding hydrogens is 464 g/mol. The minimum absolute atomic E-state index is 0.662. The summed E-state index contributed by atoms with van der Waals surface area (Å²) in [5.41, 5.74) is 6.38. The molecule has 0 spiro atoms. The molecule has 1 aliphatic rings. The molecule has 0 aromatic heterocycles. The number of methoxy groups -OCH3 is 1. The lowest BCUT2D eigenvalue weighted by Crippen LogP contribution is -2.71. The minimum atomic E-state index is -2.80. The Morgan fingerprint density at radius 3 is 1.97 bits per heavy atom. The van der Waals surface area contributed by atoms with Gasteiger partial charge in [0.15, 0.2) is 18.3 Å². The van der Waals surface area contributed by atoms with Gasteiger partial charge in [0, 0.05) is 32.6 Å². The van der Waals surface area contributed by atoms with Crippen molar-refractivity contribution in [3.8, 4) is 0 Å². The van der Waals surface area contributed by atoms with E-state index in [9.17, 15) is 34.3 Å². The zero-order chi connectivity index (χ0) is 26.1. The molecule has 1 heterocycles. The van der Waals surface area contributed by atoms with Gasteiger partial charge in [0.2, 0.25) is 0 Å². The monoisotopic (exact) mass is 488 g/mol. The summed E-state index contributed by atoms with van der Waals surface area (Å²) in [5, 5.41) is 5.44. The molecule has 16 heteroatoms. The first kappa shape index (κ1) is 28.1. The smallest absolute Gasteiger partial charge is 0.325 e. The fraction of sp³-hybridized carbons (Fsp3) is 0.667. The molecule has 34 heavy (non-hydrogen) atoms. The number of esters is 5. The van der Waals surface area contributed by atoms with Crippen molar-refractivity contribution >= 4 is 35.8 Å². The van der Waals surface area contributed by atoms with E-state index in [0.717, 1.165) is 34.8 Å². The number of carbonyl (C=O) groups is 6. The van der Waals surface area contributed by atoms with Gasteiger partial charge in [-0.3, -0.25) is 28.8 Å². The van der Waals surface area contributed by atoms with Gasteiger partial charge in [-0.25, -0.2) is 0 Å². The molecule has 1 fully saturated rings. The van der Waals surface area contributed by atoms with E-state index in [-0.39, 0.29) is 0 Å². The third kappa shape index (κ3) is 7.31. The maximum Gasteiger partial charge on any atom is 0.325 e. The highest BCUT2D eigenvalue weighted by Crippen LogP contribution is 2.37. The third-order valence-electron chi connectivity index (χ3n) is 4.19. The van der Waals surface area contributed by atoms with Gasteiger partial charge in [-0.05, 0) is 10.6 Å². The van der Waals surface area contributed by atoms with Crippen LogP contribution >= 0.6 is 0 Å². The molecule has 0 unspecified atom stereocenters. The molecule has 1 saturated heterocycles. The summed E-state index contributed by atoms with van der Waals surface area (Å²) in [4.78, 5) is 74.0. The summed E-state index contributed by atoms with van der Waals surface area (Å²) in [7, 11) is 1.05. The van der Waals surface area contributed by atoms with Crippen LogP contribution in [0.1, 0.15) is 27.7 Å². The molecule has 5 atom stereocenters. The van der Waals surface area contributed by atoms with Gasteiger partial charge in [0.05, 0.1) is 7.11 Å². The van der Waals surface area contributed by atoms with Crippen molar-refractivity contribution in [3.63, 3.8) is 0 Å². The first-order chi connectivity index (χ1) is 15.9. The zero-order valence-corrected chi connectivity index (χ0v) is 19.0. The van der Waals surface area contributed by atoms with E-state index in [1.54, 1.807) is 0 Å². The number of amides is 1. The van der Waals surface area contributed by atoms with Crippen LogP contribution < -0.4 is 5.32 Å². The average molecular weight is 488 g/mol. The maximum absolute atomic E-state index is 13.1. The molecule has 0 aromatic rings. The van der Waals surface area contributed by atoms with Gasteiger partial charge in [-0.15, -0.1) is 0 Å². The third-order valence-corrected chi connectivity index (χ3v) is 4.19. The number of carbonyl (C=O) groups excluding carboxylic acids is 6. The number of hydrogen-bond acceptors (Lipinski definition) is 13. The van der Waals surface area contributed by atoms with E-state index in [1.165, 1.54) is 0 Å². The lowest BCUT2D eigenvalue weighted by Gasteiger charge is -2.48. The van der Waals surface area contributed by atoms with Gasteiger partial charge < -0.3 is 33.7 Å². The van der Waals surface area contributed by atoms with Crippen molar-refractivity contribution < 1.29 is 57.2 Å². The van der Waals surface area contributed by atoms with E-state index in [0.29, 0.717) is 0 Å². The first-order valence-corrected chi connectivity index (χ1v) is 9.62. The van der Waals surface area contributed by atoms with Gasteiger partial charge in [0.1, 0.15) is 19.3 Å². The number of nitrogens with one attached hydrogen (secondary N) is 1. The van der Waals surface area contributed by atoms with E-state index >= 15 is 0 Å². The van der Waals surface area contributed by atoms with Crippen molar-refractivity contribution in [2.24, 2.45) is 5.11 Å². The van der Waals surface area contributed by atoms with Crippen LogP contribution in [0, 0.1) is 0 Å². The summed E-state index contributed by atoms with van der Waals surface area (Å²) in [6.45, 7) is 2.59. The highest BCUT2D eigenvalue weighted by Gasteiger charge is 2.63. The van der Waals surface area contributed by atoms with Gasteiger partial charge >= 0.3 is 29.8 Å². The van der Waals surface area contributed by atoms with Crippen molar-refractivity contribution in [2.45, 2.75) is 57.8 Å². The van der Waals surface area contributed by atoms with Gasteiger partial charge in [-0.2, -0.15) is 0 Å². The minimum Gasteiger partial charge on any atom is -0.468 e. The first-order valence-electron chi connectivity index (χ1n) is 9.62. The predicted octanol–water partition coefficient (Wildman–Crippen LogP) is -0.961. The average Bonchev–Trinajstić information content (AvgIpc) is 2.73. The van der Waals surface area contributed by atoms with Crippen molar-refractivity contribution in [1.29, 1.82) is 0 Å². The highest BCUT2D eigenvalue weighted by molar-refractivity contribution is 5.89. The van der Waals surface area contributed by atoms with E-state index in [1.807, 2.05) is 0 Å². The normalized spacial score (nSPS) is 25.6. The van der Waals surface area contributed by atoms with Crippen LogP contribution in [0.4, 0.5) is 0 Å². The molecular formula is C18H24N4O12. The van der Waals surface area contributed by atoms with Gasteiger partial charge in [-0.1, -0.05) is 0 Å². The lowest BCUT2D eigenvalue weighted by atomic mass is 9.89. The molecule has 0 radical (unpaired) electrons. The maximum atomic E-state index is 13.1. The topological polar surface area (TPSA) is 219 Å². The van der Waals surface area contributed by atoms with Crippen LogP contribution in [0.2, 0.25) is 0 Å². The molecule has 1 aliphatic heterocycles. The zero-order valence-electron chi connectivity index (χ0n) is 19.0. The second kappa shape index (κ2) is 12.4. The summed E-state index contributed by atoms with van der Waals surface area (Å²) in [6, 6.07) is 0. The number of hydrogen-bond donors (Lipinski definition) is 1. The van der Waals surface area contributed by atoms with E-state index in [2.05, 4.69) is 20.1 Å². The standard InChI is InChI=1S/C18H24N4O12/c1-8(23)30-7-12-14(31-9(2)24)15(32-10(3)25)16(33-11(4)26)18(34-12,21-22-19)17(28)20-6-13(27)29-5/h12,14-16H,6-7H2,1-5H3,(H,20,28)/t12-,14-,15+,16-,18+/m1/s1. The highest BCUT2D eigenvalue weighted by atomic mass is 16.7. The fourth-order valence-electron chi connectivity index (χ4n) is 3.01. The Balaban J connectivity index is 3.71. The molecule has 16 nitrogen and oxygen atoms in total. The van der Waals surface area contributed by atoms with Gasteiger partial charge in [0.25, 0.3) is 11.6 Å². The molecule has 0 aromatic carbocycles. The Kier molecular flexibility index (Phi) is 10.2. The van der Waals surface area contributed by atoms with Crippen LogP contribution in [0.3, 0.4) is 0 Å². The molecule has 0 bridgehead atoms. The van der Waals surface area contributed by atoms with Crippen LogP contribution in [-0.2, 0) is 57.2 Å². The second-order valence-electron chi connectivity index (χ2n) is 6.78. The summed E-state index contributed by atoms with van der Waals surface area (Å²) in [5.74, 6) is -5.86. The summed E-state index contributed by atoms with van der Waals surface area (Å²) < 4.78 is 30.4. The Bertz CT molecular complexity index is 886. The molecule has 1 rings (SSSR count). The van der Waals surface area contributed by atoms with Crippen molar-refractivity contribution in [2.75, 3.05) is 20.3 Å². The van der Waals surface area contributed by atoms with Crippen LogP contribution in [0.15, 0.2) is 5.11 Å². The van der Waals surface area contributed by atoms with Crippen LogP contribution in [0.25, 0.3) is 10.4 Å². The molecule has 0 aliphatic carbocycles. The molecule has 0 saturated carbocycles. The summed E-state index contributed by atoms with van der Waals surface area (Å²) in [6.07, 6.45) is -6.91. The van der Waals surface area contributed by atoms with E-state index in [4.69, 9.17) is 23.7 Å². The molecule has 1 amide bonds. The van der Waals surface area contributed by atoms with Crippen molar-refractivity contribution in [3.05, 3.63) is 10.4 Å². The number of azide groups is 1. The van der Waals surface area contributed by atoms with E-state index < -0.39 is 79.0 Å². The number of ether oxygens (including phenoxy) is 6. The lowest BCUT2D eigenvalue weighted by molar-refractivity contribution is -0.277. The van der Waals surface area contributed by atoms with Crippen molar-refractivity contribution in [1.82, 2.24) is 5.32 Å². The second-order valence-corrected chi connectivity index (χ2v) is 6.78. The number of rotatable bonds is 9. The van der Waals surface area contributed by atoms with Crippen LogP contribution in [-0.4, -0.2) is 86.2 Å². The quantitative estimate of drug-likeness (QED) is 0.136. The Labute approximate surface area is 192 Å². The molecule has 1 N–H and O–H groups in total. The molecule has 188 valence electrons. The SMILES string of the molecule is COC(=O)CNC(=O)[C@@]1(N=[N+]=[N-])O[C@H](COC(C)=O)[C@@H](OC(C)=O)[C@H](OC(C)=O)[C@H]1OC(C)=O. The Morgan fingerprint density at radius 1 is 0.941 bits per heavy atom. The number of nitrogens with zero attached hydrogens (tertiary/aromatic N) is 3. The largest absolute Gasteiger partial charge is 0.468 e. The predicted molar refractivity (Wildman–Crippen MR) is 105 cm³/mol. The summed E-state index contributed by atoms with van der Waals surface area (Å²) >= 11 is 0. The van der Waals surface area contributed by atoms with Crippen LogP contribution in [0.5, 0.6) is 0 Å². The Hall–Kier alpha value is -3.91. The fourth-order valence-corrected chi connectivity index (χ4v) is 3.01.